The molecule has 1 amide bonds. The summed E-state index contributed by atoms with van der Waals surface area (Å²) >= 11 is 0. The molecule has 0 heterocycles. The standard InChI is InChI=1S/C16H23FN2O/c1-10(2)15(18)16(20)19(14-8-9-14)11(3)12-4-6-13(17)7-5-12/h4-7,10-11,14-15H,8-9,18H2,1-3H3/t11-,15?/m0/s1. The Morgan fingerprint density at radius 3 is 2.25 bits per heavy atom. The molecule has 0 aliphatic heterocycles. The lowest BCUT2D eigenvalue weighted by molar-refractivity contribution is -0.136. The van der Waals surface area contributed by atoms with Gasteiger partial charge in [-0.25, -0.2) is 4.39 Å². The average Bonchev–Trinajstić information content (AvgIpc) is 3.23. The molecule has 4 heteroatoms. The molecule has 1 aliphatic carbocycles. The average molecular weight is 278 g/mol. The fourth-order valence-electron chi connectivity index (χ4n) is 2.40. The van der Waals surface area contributed by atoms with Crippen LogP contribution in [0.2, 0.25) is 0 Å². The summed E-state index contributed by atoms with van der Waals surface area (Å²) in [6, 6.07) is 6.09. The molecule has 3 nitrogen and oxygen atoms in total. The molecule has 0 saturated heterocycles. The maximum Gasteiger partial charge on any atom is 0.240 e. The second-order valence-electron chi connectivity index (χ2n) is 5.97. The van der Waals surface area contributed by atoms with E-state index in [2.05, 4.69) is 0 Å². The van der Waals surface area contributed by atoms with Crippen molar-refractivity contribution in [1.29, 1.82) is 0 Å². The molecule has 1 fully saturated rings. The predicted molar refractivity (Wildman–Crippen MR) is 77.5 cm³/mol. The number of carbonyl (C=O) groups is 1. The normalized spacial score (nSPS) is 17.9. The molecule has 2 rings (SSSR count). The second-order valence-corrected chi connectivity index (χ2v) is 5.97. The zero-order chi connectivity index (χ0) is 14.9. The topological polar surface area (TPSA) is 46.3 Å². The Hall–Kier alpha value is -1.42. The molecular weight excluding hydrogens is 255 g/mol. The van der Waals surface area contributed by atoms with Gasteiger partial charge in [-0.15, -0.1) is 0 Å². The first-order valence-corrected chi connectivity index (χ1v) is 7.25. The van der Waals surface area contributed by atoms with E-state index < -0.39 is 6.04 Å². The molecule has 1 unspecified atom stereocenters. The van der Waals surface area contributed by atoms with Gasteiger partial charge < -0.3 is 10.6 Å². The zero-order valence-electron chi connectivity index (χ0n) is 12.3. The van der Waals surface area contributed by atoms with Crippen molar-refractivity contribution in [2.75, 3.05) is 0 Å². The van der Waals surface area contributed by atoms with Crippen molar-refractivity contribution in [3.63, 3.8) is 0 Å². The summed E-state index contributed by atoms with van der Waals surface area (Å²) in [5.41, 5.74) is 6.96. The van der Waals surface area contributed by atoms with E-state index in [-0.39, 0.29) is 29.7 Å². The molecule has 1 aromatic rings. The second kappa shape index (κ2) is 5.92. The highest BCUT2D eigenvalue weighted by Crippen LogP contribution is 2.35. The lowest BCUT2D eigenvalue weighted by Crippen LogP contribution is -2.48. The molecule has 0 aromatic heterocycles. The molecule has 110 valence electrons. The highest BCUT2D eigenvalue weighted by atomic mass is 19.1. The van der Waals surface area contributed by atoms with Crippen LogP contribution in [0.15, 0.2) is 24.3 Å². The summed E-state index contributed by atoms with van der Waals surface area (Å²) in [6.45, 7) is 5.89. The molecule has 1 aliphatic rings. The molecule has 2 atom stereocenters. The number of nitrogens with zero attached hydrogens (tertiary/aromatic N) is 1. The van der Waals surface area contributed by atoms with E-state index in [1.54, 1.807) is 12.1 Å². The van der Waals surface area contributed by atoms with E-state index in [1.165, 1.54) is 12.1 Å². The summed E-state index contributed by atoms with van der Waals surface area (Å²) in [4.78, 5) is 14.5. The van der Waals surface area contributed by atoms with E-state index in [9.17, 15) is 9.18 Å². The first-order chi connectivity index (χ1) is 9.41. The Balaban J connectivity index is 2.20. The first kappa shape index (κ1) is 15.0. The molecule has 0 bridgehead atoms. The van der Waals surface area contributed by atoms with Crippen LogP contribution in [-0.2, 0) is 4.79 Å². The smallest absolute Gasteiger partial charge is 0.240 e. The van der Waals surface area contributed by atoms with Gasteiger partial charge in [0, 0.05) is 6.04 Å². The molecule has 1 aromatic carbocycles. The van der Waals surface area contributed by atoms with Gasteiger partial charge in [-0.1, -0.05) is 26.0 Å². The van der Waals surface area contributed by atoms with Crippen LogP contribution in [-0.4, -0.2) is 22.9 Å². The third kappa shape index (κ3) is 3.18. The van der Waals surface area contributed by atoms with Crippen LogP contribution in [0.25, 0.3) is 0 Å². The number of carbonyl (C=O) groups excluding carboxylic acids is 1. The van der Waals surface area contributed by atoms with Crippen LogP contribution in [0.4, 0.5) is 4.39 Å². The molecule has 0 spiro atoms. The number of rotatable bonds is 5. The largest absolute Gasteiger partial charge is 0.332 e. The van der Waals surface area contributed by atoms with Gasteiger partial charge in [-0.05, 0) is 43.4 Å². The van der Waals surface area contributed by atoms with Gasteiger partial charge in [0.2, 0.25) is 5.91 Å². The summed E-state index contributed by atoms with van der Waals surface area (Å²) in [6.07, 6.45) is 2.06. The quantitative estimate of drug-likeness (QED) is 0.900. The van der Waals surface area contributed by atoms with Crippen LogP contribution in [0.1, 0.15) is 45.2 Å². The number of halogens is 1. The van der Waals surface area contributed by atoms with Crippen molar-refractivity contribution in [1.82, 2.24) is 4.90 Å². The van der Waals surface area contributed by atoms with Crippen molar-refractivity contribution in [3.05, 3.63) is 35.6 Å². The van der Waals surface area contributed by atoms with Crippen molar-refractivity contribution >= 4 is 5.91 Å². The van der Waals surface area contributed by atoms with E-state index in [1.807, 2.05) is 25.7 Å². The molecule has 1 saturated carbocycles. The summed E-state index contributed by atoms with van der Waals surface area (Å²) in [7, 11) is 0. The third-order valence-electron chi connectivity index (χ3n) is 3.97. The van der Waals surface area contributed by atoms with Gasteiger partial charge in [0.15, 0.2) is 0 Å². The molecular formula is C16H23FN2O. The van der Waals surface area contributed by atoms with Crippen LogP contribution in [0.5, 0.6) is 0 Å². The van der Waals surface area contributed by atoms with Crippen molar-refractivity contribution < 1.29 is 9.18 Å². The number of nitrogens with two attached hydrogens (primary N) is 1. The van der Waals surface area contributed by atoms with Gasteiger partial charge in [0.1, 0.15) is 5.82 Å². The van der Waals surface area contributed by atoms with E-state index in [4.69, 9.17) is 5.73 Å². The van der Waals surface area contributed by atoms with Crippen molar-refractivity contribution in [3.8, 4) is 0 Å². The van der Waals surface area contributed by atoms with Crippen LogP contribution in [0.3, 0.4) is 0 Å². The Kier molecular flexibility index (Phi) is 4.43. The fraction of sp³-hybridized carbons (Fsp3) is 0.562. The van der Waals surface area contributed by atoms with E-state index in [0.717, 1.165) is 18.4 Å². The maximum absolute atomic E-state index is 13.0. The van der Waals surface area contributed by atoms with Crippen molar-refractivity contribution in [2.45, 2.75) is 51.7 Å². The maximum atomic E-state index is 13.0. The lowest BCUT2D eigenvalue weighted by Gasteiger charge is -2.33. The Labute approximate surface area is 120 Å². The fourth-order valence-corrected chi connectivity index (χ4v) is 2.40. The highest BCUT2D eigenvalue weighted by molar-refractivity contribution is 5.83. The minimum atomic E-state index is -0.474. The monoisotopic (exact) mass is 278 g/mol. The summed E-state index contributed by atoms with van der Waals surface area (Å²) in [5, 5.41) is 0. The number of hydrogen-bond donors (Lipinski definition) is 1. The van der Waals surface area contributed by atoms with Gasteiger partial charge in [0.05, 0.1) is 12.1 Å². The lowest BCUT2D eigenvalue weighted by atomic mass is 10.0. The van der Waals surface area contributed by atoms with E-state index >= 15 is 0 Å². The van der Waals surface area contributed by atoms with Crippen LogP contribution in [0, 0.1) is 11.7 Å². The Morgan fingerprint density at radius 2 is 1.80 bits per heavy atom. The first-order valence-electron chi connectivity index (χ1n) is 7.25. The molecule has 20 heavy (non-hydrogen) atoms. The van der Waals surface area contributed by atoms with Crippen LogP contribution < -0.4 is 5.73 Å². The highest BCUT2D eigenvalue weighted by Gasteiger charge is 2.38. The molecule has 2 N–H and O–H groups in total. The summed E-state index contributed by atoms with van der Waals surface area (Å²) in [5.74, 6) is -0.146. The summed E-state index contributed by atoms with van der Waals surface area (Å²) < 4.78 is 13.0. The van der Waals surface area contributed by atoms with Crippen molar-refractivity contribution in [2.24, 2.45) is 11.7 Å². The minimum absolute atomic E-state index is 0.000625. The zero-order valence-corrected chi connectivity index (χ0v) is 12.3. The van der Waals surface area contributed by atoms with Gasteiger partial charge >= 0.3 is 0 Å². The van der Waals surface area contributed by atoms with E-state index in [0.29, 0.717) is 0 Å². The number of amides is 1. The Bertz CT molecular complexity index is 468. The number of hydrogen-bond acceptors (Lipinski definition) is 2. The van der Waals surface area contributed by atoms with Crippen LogP contribution >= 0.6 is 0 Å². The SMILES string of the molecule is CC(C)C(N)C(=O)N(C1CC1)[C@@H](C)c1ccc(F)cc1. The Morgan fingerprint density at radius 1 is 1.25 bits per heavy atom. The number of benzene rings is 1. The predicted octanol–water partition coefficient (Wildman–Crippen LogP) is 2.86. The van der Waals surface area contributed by atoms with Gasteiger partial charge in [0.25, 0.3) is 0 Å². The minimum Gasteiger partial charge on any atom is -0.332 e. The van der Waals surface area contributed by atoms with Gasteiger partial charge in [-0.3, -0.25) is 4.79 Å². The van der Waals surface area contributed by atoms with Gasteiger partial charge in [-0.2, -0.15) is 0 Å². The molecule has 0 radical (unpaired) electrons. The third-order valence-corrected chi connectivity index (χ3v) is 3.97.